The summed E-state index contributed by atoms with van der Waals surface area (Å²) in [6.07, 6.45) is 3.74. The van der Waals surface area contributed by atoms with Crippen LogP contribution >= 0.6 is 0 Å². The van der Waals surface area contributed by atoms with Gasteiger partial charge in [-0.05, 0) is 38.0 Å². The van der Waals surface area contributed by atoms with Crippen LogP contribution in [0.2, 0.25) is 0 Å². The molecule has 70 valence electrons. The van der Waals surface area contributed by atoms with E-state index in [4.69, 9.17) is 4.74 Å². The molecule has 0 radical (unpaired) electrons. The normalized spacial score (nSPS) is 52.5. The number of carbonyl (C=O) groups excluding carboxylic acids is 1. The summed E-state index contributed by atoms with van der Waals surface area (Å²) >= 11 is 0. The Morgan fingerprint density at radius 2 is 2.31 bits per heavy atom. The molecule has 0 spiro atoms. The minimum atomic E-state index is -0.183. The number of ether oxygens (including phenoxy) is 1. The van der Waals surface area contributed by atoms with Gasteiger partial charge in [-0.3, -0.25) is 0 Å². The van der Waals surface area contributed by atoms with E-state index in [9.17, 15) is 4.79 Å². The van der Waals surface area contributed by atoms with Gasteiger partial charge in [-0.25, -0.2) is 4.79 Å². The zero-order valence-corrected chi connectivity index (χ0v) is 7.88. The van der Waals surface area contributed by atoms with Crippen LogP contribution in [-0.4, -0.2) is 11.6 Å². The Kier molecular flexibility index (Phi) is 1.17. The van der Waals surface area contributed by atoms with Crippen molar-refractivity contribution in [1.29, 1.82) is 0 Å². The van der Waals surface area contributed by atoms with Gasteiger partial charge in [-0.15, -0.1) is 0 Å². The number of hydrogen-bond donors (Lipinski definition) is 0. The predicted octanol–water partition coefficient (Wildman–Crippen LogP) is 1.90. The lowest BCUT2D eigenvalue weighted by Gasteiger charge is -2.33. The Labute approximate surface area is 78.0 Å². The highest BCUT2D eigenvalue weighted by atomic mass is 16.6. The molecular weight excluding hydrogens is 164 g/mol. The Morgan fingerprint density at radius 1 is 1.54 bits per heavy atom. The van der Waals surface area contributed by atoms with E-state index in [2.05, 4.69) is 13.5 Å². The van der Waals surface area contributed by atoms with Gasteiger partial charge in [0.05, 0.1) is 0 Å². The zero-order chi connectivity index (χ0) is 9.22. The molecule has 1 aliphatic heterocycles. The molecule has 1 saturated heterocycles. The molecule has 2 nitrogen and oxygen atoms in total. The third kappa shape index (κ3) is 0.687. The molecule has 0 unspecified atom stereocenters. The first-order valence-electron chi connectivity index (χ1n) is 5.05. The topological polar surface area (TPSA) is 26.3 Å². The molecule has 2 heteroatoms. The maximum absolute atomic E-state index is 11.4. The lowest BCUT2D eigenvalue weighted by molar-refractivity contribution is -0.150. The lowest BCUT2D eigenvalue weighted by atomic mass is 9.75. The molecule has 0 aromatic carbocycles. The van der Waals surface area contributed by atoms with Gasteiger partial charge >= 0.3 is 5.97 Å². The predicted molar refractivity (Wildman–Crippen MR) is 48.0 cm³/mol. The van der Waals surface area contributed by atoms with E-state index in [1.54, 1.807) is 0 Å². The number of esters is 1. The van der Waals surface area contributed by atoms with Crippen LogP contribution in [0.4, 0.5) is 0 Å². The number of fused-ring (bicyclic) bond motifs is 5. The van der Waals surface area contributed by atoms with Crippen LogP contribution in [0.1, 0.15) is 26.2 Å². The van der Waals surface area contributed by atoms with E-state index < -0.39 is 0 Å². The van der Waals surface area contributed by atoms with Crippen molar-refractivity contribution in [2.75, 3.05) is 0 Å². The van der Waals surface area contributed by atoms with Crippen molar-refractivity contribution in [3.63, 3.8) is 0 Å². The van der Waals surface area contributed by atoms with Crippen molar-refractivity contribution in [2.24, 2.45) is 17.8 Å². The molecule has 0 aromatic rings. The zero-order valence-electron chi connectivity index (χ0n) is 7.88. The van der Waals surface area contributed by atoms with Gasteiger partial charge in [0, 0.05) is 11.5 Å². The molecule has 2 saturated carbocycles. The van der Waals surface area contributed by atoms with E-state index in [1.807, 2.05) is 0 Å². The Morgan fingerprint density at radius 3 is 3.00 bits per heavy atom. The second-order valence-corrected chi connectivity index (χ2v) is 4.85. The minimum Gasteiger partial charge on any atom is -0.455 e. The Hall–Kier alpha value is -0.790. The highest BCUT2D eigenvalue weighted by molar-refractivity contribution is 5.91. The van der Waals surface area contributed by atoms with E-state index in [-0.39, 0.29) is 11.6 Å². The third-order valence-corrected chi connectivity index (χ3v) is 4.32. The smallest absolute Gasteiger partial charge is 0.334 e. The van der Waals surface area contributed by atoms with Gasteiger partial charge in [-0.2, -0.15) is 0 Å². The fourth-order valence-electron chi connectivity index (χ4n) is 3.73. The van der Waals surface area contributed by atoms with Gasteiger partial charge in [0.2, 0.25) is 0 Å². The molecule has 0 amide bonds. The van der Waals surface area contributed by atoms with E-state index in [0.717, 1.165) is 5.57 Å². The fraction of sp³-hybridized carbons (Fsp3) is 0.727. The highest BCUT2D eigenvalue weighted by Gasteiger charge is 2.63. The van der Waals surface area contributed by atoms with Crippen molar-refractivity contribution in [3.05, 3.63) is 12.2 Å². The van der Waals surface area contributed by atoms with Gasteiger partial charge in [-0.1, -0.05) is 6.58 Å². The number of hydrogen-bond acceptors (Lipinski definition) is 2. The minimum absolute atomic E-state index is 0.149. The van der Waals surface area contributed by atoms with Crippen LogP contribution in [-0.2, 0) is 9.53 Å². The third-order valence-electron chi connectivity index (χ3n) is 4.32. The molecule has 13 heavy (non-hydrogen) atoms. The molecule has 0 N–H and O–H groups in total. The summed E-state index contributed by atoms with van der Waals surface area (Å²) in [6, 6.07) is 0. The van der Waals surface area contributed by atoms with Gasteiger partial charge < -0.3 is 4.74 Å². The first-order valence-corrected chi connectivity index (χ1v) is 5.05. The van der Waals surface area contributed by atoms with Crippen LogP contribution in [0.3, 0.4) is 0 Å². The first-order chi connectivity index (χ1) is 6.13. The second kappa shape index (κ2) is 1.99. The summed E-state index contributed by atoms with van der Waals surface area (Å²) in [5, 5.41) is 0. The molecular formula is C11H14O2. The summed E-state index contributed by atoms with van der Waals surface area (Å²) < 4.78 is 5.48. The monoisotopic (exact) mass is 178 g/mol. The van der Waals surface area contributed by atoms with Crippen molar-refractivity contribution in [2.45, 2.75) is 31.8 Å². The van der Waals surface area contributed by atoms with Gasteiger partial charge in [0.1, 0.15) is 5.60 Å². The van der Waals surface area contributed by atoms with Crippen molar-refractivity contribution >= 4 is 5.97 Å². The summed E-state index contributed by atoms with van der Waals surface area (Å²) in [4.78, 5) is 11.4. The average molecular weight is 178 g/mol. The Balaban J connectivity index is 2.08. The summed E-state index contributed by atoms with van der Waals surface area (Å²) in [6.45, 7) is 5.96. The molecule has 0 aromatic heterocycles. The quantitative estimate of drug-likeness (QED) is 0.418. The maximum atomic E-state index is 11.4. The second-order valence-electron chi connectivity index (χ2n) is 4.85. The number of rotatable bonds is 0. The molecule has 3 fully saturated rings. The SMILES string of the molecule is C=C1C(=O)O[C@]2(C)[C@@H]3CC[C@@H](C3)[C@H]12. The highest BCUT2D eigenvalue weighted by Crippen LogP contribution is 2.61. The molecule has 2 bridgehead atoms. The van der Waals surface area contributed by atoms with Crippen LogP contribution in [0.5, 0.6) is 0 Å². The lowest BCUT2D eigenvalue weighted by Crippen LogP contribution is -2.37. The standard InChI is InChI=1S/C11H14O2/c1-6-9-7-3-4-8(5-7)11(9,2)13-10(6)12/h7-9H,1,3-5H2,2H3/t7-,8+,9-,11+/m0/s1. The average Bonchev–Trinajstić information content (AvgIpc) is 2.65. The van der Waals surface area contributed by atoms with Crippen molar-refractivity contribution in [3.8, 4) is 0 Å². The molecule has 4 atom stereocenters. The maximum Gasteiger partial charge on any atom is 0.334 e. The largest absolute Gasteiger partial charge is 0.455 e. The van der Waals surface area contributed by atoms with Crippen molar-refractivity contribution in [1.82, 2.24) is 0 Å². The molecule has 3 aliphatic rings. The van der Waals surface area contributed by atoms with Crippen LogP contribution < -0.4 is 0 Å². The van der Waals surface area contributed by atoms with E-state index >= 15 is 0 Å². The first kappa shape index (κ1) is 7.60. The molecule has 1 heterocycles. The van der Waals surface area contributed by atoms with Crippen LogP contribution in [0.25, 0.3) is 0 Å². The van der Waals surface area contributed by atoms with Crippen LogP contribution in [0, 0.1) is 17.8 Å². The van der Waals surface area contributed by atoms with Gasteiger partial charge in [0.25, 0.3) is 0 Å². The molecule has 3 rings (SSSR count). The van der Waals surface area contributed by atoms with E-state index in [0.29, 0.717) is 17.8 Å². The summed E-state index contributed by atoms with van der Waals surface area (Å²) in [5.41, 5.74) is 0.548. The fourth-order valence-corrected chi connectivity index (χ4v) is 3.73. The summed E-state index contributed by atoms with van der Waals surface area (Å²) in [5.74, 6) is 1.46. The summed E-state index contributed by atoms with van der Waals surface area (Å²) in [7, 11) is 0. The van der Waals surface area contributed by atoms with E-state index in [1.165, 1.54) is 19.3 Å². The Bertz CT molecular complexity index is 307. The molecule has 2 aliphatic carbocycles. The number of carbonyl (C=O) groups is 1. The van der Waals surface area contributed by atoms with Crippen molar-refractivity contribution < 1.29 is 9.53 Å². The van der Waals surface area contributed by atoms with Gasteiger partial charge in [0.15, 0.2) is 0 Å². The van der Waals surface area contributed by atoms with Crippen LogP contribution in [0.15, 0.2) is 12.2 Å².